The van der Waals surface area contributed by atoms with Gasteiger partial charge in [-0.15, -0.1) is 0 Å². The number of carbonyl (C=O) groups excluding carboxylic acids is 1. The Morgan fingerprint density at radius 3 is 1.77 bits per heavy atom. The highest BCUT2D eigenvalue weighted by atomic mass is 28.2. The Labute approximate surface area is 84.6 Å². The molecule has 0 aromatic carbocycles. The van der Waals surface area contributed by atoms with E-state index in [1.807, 2.05) is 0 Å². The maximum Gasteiger partial charge on any atom is 0.298 e. The van der Waals surface area contributed by atoms with E-state index in [1.165, 1.54) is 0 Å². The van der Waals surface area contributed by atoms with Crippen LogP contribution in [0.1, 0.15) is 41.0 Å². The second-order valence-corrected chi connectivity index (χ2v) is 4.60. The topological polar surface area (TPSA) is 26.3 Å². The molecule has 0 saturated carbocycles. The summed E-state index contributed by atoms with van der Waals surface area (Å²) in [5, 5.41) is 0. The van der Waals surface area contributed by atoms with Gasteiger partial charge in [0.15, 0.2) is 0 Å². The van der Waals surface area contributed by atoms with E-state index in [0.717, 1.165) is 6.42 Å². The molecule has 78 valence electrons. The third kappa shape index (κ3) is 2.13. The van der Waals surface area contributed by atoms with Gasteiger partial charge in [0.05, 0.1) is 5.41 Å². The summed E-state index contributed by atoms with van der Waals surface area (Å²) in [5.41, 5.74) is -0.276. The Morgan fingerprint density at radius 1 is 1.31 bits per heavy atom. The first-order valence-electron chi connectivity index (χ1n) is 5.01. The zero-order valence-electron chi connectivity index (χ0n) is 9.68. The standard InChI is InChI=1S/C10H22O2Si/c1-6-10(7(2)3,8(4)5)9(11)12-13/h7-8H,6H2,1-5,13H3. The Bertz CT molecular complexity index is 168. The molecule has 0 aliphatic carbocycles. The predicted molar refractivity (Wildman–Crippen MR) is 58.4 cm³/mol. The lowest BCUT2D eigenvalue weighted by Crippen LogP contribution is -2.41. The third-order valence-electron chi connectivity index (χ3n) is 3.21. The smallest absolute Gasteiger partial charge is 0.298 e. The van der Waals surface area contributed by atoms with Crippen LogP contribution in [0.5, 0.6) is 0 Å². The minimum atomic E-state index is -0.276. The van der Waals surface area contributed by atoms with Crippen molar-refractivity contribution in [2.45, 2.75) is 41.0 Å². The van der Waals surface area contributed by atoms with Crippen molar-refractivity contribution in [1.29, 1.82) is 0 Å². The molecule has 13 heavy (non-hydrogen) atoms. The minimum absolute atomic E-state index is 0.00772. The Balaban J connectivity index is 4.98. The highest BCUT2D eigenvalue weighted by Crippen LogP contribution is 2.40. The van der Waals surface area contributed by atoms with E-state index in [-0.39, 0.29) is 11.4 Å². The van der Waals surface area contributed by atoms with Gasteiger partial charge in [-0.3, -0.25) is 4.79 Å². The molecule has 0 bridgehead atoms. The largest absolute Gasteiger partial charge is 0.528 e. The maximum absolute atomic E-state index is 11.8. The number of carbonyl (C=O) groups is 1. The average Bonchev–Trinajstić information content (AvgIpc) is 2.04. The molecule has 0 saturated heterocycles. The van der Waals surface area contributed by atoms with E-state index < -0.39 is 0 Å². The van der Waals surface area contributed by atoms with Gasteiger partial charge >= 0.3 is 0 Å². The molecule has 0 rings (SSSR count). The molecule has 3 heteroatoms. The first kappa shape index (κ1) is 12.7. The lowest BCUT2D eigenvalue weighted by Gasteiger charge is -2.37. The first-order valence-corrected chi connectivity index (χ1v) is 5.83. The summed E-state index contributed by atoms with van der Waals surface area (Å²) in [5.74, 6) is 0.685. The highest BCUT2D eigenvalue weighted by Gasteiger charge is 2.43. The van der Waals surface area contributed by atoms with Crippen molar-refractivity contribution >= 4 is 16.5 Å². The quantitative estimate of drug-likeness (QED) is 0.646. The first-order chi connectivity index (χ1) is 5.93. The van der Waals surface area contributed by atoms with Crippen LogP contribution in [0, 0.1) is 17.3 Å². The molecule has 0 aliphatic rings. The van der Waals surface area contributed by atoms with E-state index in [1.54, 1.807) is 0 Å². The molecule has 0 amide bonds. The molecular weight excluding hydrogens is 180 g/mol. The van der Waals surface area contributed by atoms with Gasteiger partial charge in [0.25, 0.3) is 5.97 Å². The van der Waals surface area contributed by atoms with Crippen LogP contribution in [-0.2, 0) is 9.22 Å². The van der Waals surface area contributed by atoms with E-state index >= 15 is 0 Å². The van der Waals surface area contributed by atoms with Crippen molar-refractivity contribution in [1.82, 2.24) is 0 Å². The normalized spacial score (nSPS) is 12.5. The zero-order chi connectivity index (χ0) is 10.6. The van der Waals surface area contributed by atoms with Gasteiger partial charge in [-0.05, 0) is 18.3 Å². The van der Waals surface area contributed by atoms with Crippen molar-refractivity contribution in [3.8, 4) is 0 Å². The second-order valence-electron chi connectivity index (χ2n) is 4.19. The molecule has 0 aliphatic heterocycles. The lowest BCUT2D eigenvalue weighted by molar-refractivity contribution is -0.152. The molecule has 0 aromatic heterocycles. The Hall–Kier alpha value is -0.313. The molecule has 0 N–H and O–H groups in total. The summed E-state index contributed by atoms with van der Waals surface area (Å²) in [7, 11) is 0.500. The van der Waals surface area contributed by atoms with Gasteiger partial charge in [0, 0.05) is 0 Å². The third-order valence-corrected chi connectivity index (χ3v) is 3.58. The summed E-state index contributed by atoms with van der Waals surface area (Å²) >= 11 is 0. The van der Waals surface area contributed by atoms with Crippen molar-refractivity contribution in [2.75, 3.05) is 0 Å². The summed E-state index contributed by atoms with van der Waals surface area (Å²) < 4.78 is 5.03. The van der Waals surface area contributed by atoms with Gasteiger partial charge in [-0.25, -0.2) is 0 Å². The van der Waals surface area contributed by atoms with Gasteiger partial charge in [0.1, 0.15) is 0 Å². The van der Waals surface area contributed by atoms with Crippen LogP contribution >= 0.6 is 0 Å². The van der Waals surface area contributed by atoms with Gasteiger partial charge in [-0.1, -0.05) is 34.6 Å². The Morgan fingerprint density at radius 2 is 1.69 bits per heavy atom. The molecular formula is C10H22O2Si. The summed E-state index contributed by atoms with van der Waals surface area (Å²) in [4.78, 5) is 11.8. The molecule has 0 fully saturated rings. The van der Waals surface area contributed by atoms with Crippen LogP contribution < -0.4 is 0 Å². The average molecular weight is 202 g/mol. The molecule has 0 unspecified atom stereocenters. The molecule has 0 aromatic rings. The second kappa shape index (κ2) is 4.79. The zero-order valence-corrected chi connectivity index (χ0v) is 11.7. The molecule has 0 atom stereocenters. The minimum Gasteiger partial charge on any atom is -0.528 e. The lowest BCUT2D eigenvalue weighted by atomic mass is 9.67. The molecule has 0 heterocycles. The molecule has 0 spiro atoms. The van der Waals surface area contributed by atoms with Gasteiger partial charge in [0.2, 0.25) is 10.5 Å². The van der Waals surface area contributed by atoms with E-state index in [4.69, 9.17) is 4.43 Å². The van der Waals surface area contributed by atoms with Crippen molar-refractivity contribution in [2.24, 2.45) is 17.3 Å². The van der Waals surface area contributed by atoms with Crippen molar-refractivity contribution in [3.05, 3.63) is 0 Å². The van der Waals surface area contributed by atoms with Gasteiger partial charge in [-0.2, -0.15) is 0 Å². The van der Waals surface area contributed by atoms with E-state index in [9.17, 15) is 4.79 Å². The van der Waals surface area contributed by atoms with Crippen LogP contribution in [0.25, 0.3) is 0 Å². The number of rotatable bonds is 4. The monoisotopic (exact) mass is 202 g/mol. The SMILES string of the molecule is CCC(C(=O)O[SiH3])(C(C)C)C(C)C. The van der Waals surface area contributed by atoms with Crippen molar-refractivity contribution in [3.63, 3.8) is 0 Å². The fourth-order valence-electron chi connectivity index (χ4n) is 2.29. The maximum atomic E-state index is 11.8. The Kier molecular flexibility index (Phi) is 4.68. The van der Waals surface area contributed by atoms with Crippen LogP contribution in [0.3, 0.4) is 0 Å². The highest BCUT2D eigenvalue weighted by molar-refractivity contribution is 6.06. The number of hydrogen-bond acceptors (Lipinski definition) is 2. The number of hydrogen-bond donors (Lipinski definition) is 0. The fraction of sp³-hybridized carbons (Fsp3) is 0.900. The van der Waals surface area contributed by atoms with Crippen LogP contribution in [0.15, 0.2) is 0 Å². The predicted octanol–water partition coefficient (Wildman–Crippen LogP) is 1.52. The fourth-order valence-corrected chi connectivity index (χ4v) is 2.67. The van der Waals surface area contributed by atoms with Crippen LogP contribution in [0.2, 0.25) is 0 Å². The van der Waals surface area contributed by atoms with Crippen LogP contribution in [0.4, 0.5) is 0 Å². The summed E-state index contributed by atoms with van der Waals surface area (Å²) in [6.45, 7) is 10.5. The molecule has 2 nitrogen and oxygen atoms in total. The van der Waals surface area contributed by atoms with E-state index in [0.29, 0.717) is 22.3 Å². The van der Waals surface area contributed by atoms with Crippen LogP contribution in [-0.4, -0.2) is 16.5 Å². The van der Waals surface area contributed by atoms with E-state index in [2.05, 4.69) is 34.6 Å². The summed E-state index contributed by atoms with van der Waals surface area (Å²) in [6, 6.07) is 0. The van der Waals surface area contributed by atoms with Crippen molar-refractivity contribution < 1.29 is 9.22 Å². The summed E-state index contributed by atoms with van der Waals surface area (Å²) in [6.07, 6.45) is 0.864. The molecule has 0 radical (unpaired) electrons. The van der Waals surface area contributed by atoms with Gasteiger partial charge < -0.3 is 4.43 Å².